The molecule has 0 atom stereocenters. The lowest BCUT2D eigenvalue weighted by Gasteiger charge is -2.10. The van der Waals surface area contributed by atoms with Gasteiger partial charge in [-0.05, 0) is 31.0 Å². The van der Waals surface area contributed by atoms with Crippen LogP contribution in [0.3, 0.4) is 0 Å². The Morgan fingerprint density at radius 1 is 1.19 bits per heavy atom. The average Bonchev–Trinajstić information content (AvgIpc) is 2.76. The molecule has 1 aromatic carbocycles. The summed E-state index contributed by atoms with van der Waals surface area (Å²) >= 11 is 0. The highest BCUT2D eigenvalue weighted by Gasteiger charge is 2.09. The van der Waals surface area contributed by atoms with Gasteiger partial charge in [0.15, 0.2) is 0 Å². The molecule has 0 fully saturated rings. The molecular weight excluding hydrogens is 200 g/mol. The number of anilines is 1. The van der Waals surface area contributed by atoms with Crippen LogP contribution in [0.25, 0.3) is 0 Å². The summed E-state index contributed by atoms with van der Waals surface area (Å²) in [7, 11) is 0. The molecule has 82 valence electrons. The van der Waals surface area contributed by atoms with Gasteiger partial charge in [0, 0.05) is 18.1 Å². The number of hydrogen-bond acceptors (Lipinski definition) is 1. The molecule has 1 amide bonds. The molecule has 3 nitrogen and oxygen atoms in total. The lowest BCUT2D eigenvalue weighted by atomic mass is 10.1. The molecule has 16 heavy (non-hydrogen) atoms. The molecular formula is C13H14N2O. The monoisotopic (exact) mass is 214 g/mol. The molecule has 0 aliphatic rings. The van der Waals surface area contributed by atoms with Crippen LogP contribution in [-0.4, -0.2) is 10.9 Å². The first-order chi connectivity index (χ1) is 7.68. The van der Waals surface area contributed by atoms with E-state index in [0.717, 1.165) is 16.8 Å². The minimum absolute atomic E-state index is 0.0846. The normalized spacial score (nSPS) is 10.1. The number of benzene rings is 1. The molecule has 3 heteroatoms. The zero-order chi connectivity index (χ0) is 11.5. The summed E-state index contributed by atoms with van der Waals surface area (Å²) in [6.45, 7) is 3.97. The van der Waals surface area contributed by atoms with Crippen LogP contribution in [-0.2, 0) is 0 Å². The van der Waals surface area contributed by atoms with Crippen LogP contribution in [0.5, 0.6) is 0 Å². The number of nitrogens with one attached hydrogen (secondary N) is 2. The third-order valence-corrected chi connectivity index (χ3v) is 2.58. The van der Waals surface area contributed by atoms with Crippen molar-refractivity contribution in [3.63, 3.8) is 0 Å². The molecule has 2 rings (SSSR count). The molecule has 0 unspecified atom stereocenters. The van der Waals surface area contributed by atoms with Crippen molar-refractivity contribution < 1.29 is 4.79 Å². The van der Waals surface area contributed by atoms with Crippen molar-refractivity contribution in [2.45, 2.75) is 13.8 Å². The fraction of sp³-hybridized carbons (Fsp3) is 0.154. The molecule has 2 aromatic rings. The van der Waals surface area contributed by atoms with Gasteiger partial charge in [-0.1, -0.05) is 18.2 Å². The van der Waals surface area contributed by atoms with E-state index in [2.05, 4.69) is 10.3 Å². The van der Waals surface area contributed by atoms with E-state index in [1.165, 1.54) is 0 Å². The molecule has 0 radical (unpaired) electrons. The summed E-state index contributed by atoms with van der Waals surface area (Å²) in [4.78, 5) is 14.7. The van der Waals surface area contributed by atoms with Gasteiger partial charge in [0.2, 0.25) is 0 Å². The number of para-hydroxylation sites is 1. The Balaban J connectivity index is 2.25. The first-order valence-electron chi connectivity index (χ1n) is 5.19. The molecule has 0 saturated carbocycles. The molecule has 0 aliphatic heterocycles. The minimum atomic E-state index is -0.0846. The van der Waals surface area contributed by atoms with Crippen LogP contribution in [0, 0.1) is 13.8 Å². The number of hydrogen-bond donors (Lipinski definition) is 2. The maximum absolute atomic E-state index is 11.8. The number of rotatable bonds is 2. The molecule has 2 N–H and O–H groups in total. The smallest absolute Gasteiger partial charge is 0.257 e. The predicted octanol–water partition coefficient (Wildman–Crippen LogP) is 2.88. The summed E-state index contributed by atoms with van der Waals surface area (Å²) in [5.74, 6) is -0.0846. The summed E-state index contributed by atoms with van der Waals surface area (Å²) < 4.78 is 0. The zero-order valence-electron chi connectivity index (χ0n) is 9.37. The van der Waals surface area contributed by atoms with Crippen LogP contribution in [0.2, 0.25) is 0 Å². The van der Waals surface area contributed by atoms with E-state index >= 15 is 0 Å². The number of carbonyl (C=O) groups excluding carboxylic acids is 1. The fourth-order valence-corrected chi connectivity index (χ4v) is 1.66. The van der Waals surface area contributed by atoms with E-state index in [4.69, 9.17) is 0 Å². The van der Waals surface area contributed by atoms with E-state index in [1.54, 1.807) is 18.5 Å². The molecule has 0 bridgehead atoms. The second-order valence-electron chi connectivity index (χ2n) is 3.82. The van der Waals surface area contributed by atoms with E-state index in [1.807, 2.05) is 32.0 Å². The Morgan fingerprint density at radius 2 is 1.88 bits per heavy atom. The van der Waals surface area contributed by atoms with Crippen molar-refractivity contribution in [1.29, 1.82) is 0 Å². The van der Waals surface area contributed by atoms with Crippen LogP contribution in [0.1, 0.15) is 21.5 Å². The van der Waals surface area contributed by atoms with E-state index in [-0.39, 0.29) is 5.91 Å². The number of amides is 1. The second-order valence-corrected chi connectivity index (χ2v) is 3.82. The third-order valence-electron chi connectivity index (χ3n) is 2.58. The second kappa shape index (κ2) is 4.23. The number of aromatic nitrogens is 1. The van der Waals surface area contributed by atoms with Crippen molar-refractivity contribution >= 4 is 11.6 Å². The van der Waals surface area contributed by atoms with Gasteiger partial charge >= 0.3 is 0 Å². The van der Waals surface area contributed by atoms with Crippen LogP contribution in [0.15, 0.2) is 36.7 Å². The largest absolute Gasteiger partial charge is 0.367 e. The standard InChI is InChI=1S/C13H14N2O/c1-9-4-3-5-10(2)12(9)15-13(16)11-6-7-14-8-11/h3-8,14H,1-2H3,(H,15,16). The van der Waals surface area contributed by atoms with Crippen molar-refractivity contribution in [2.24, 2.45) is 0 Å². The topological polar surface area (TPSA) is 44.9 Å². The van der Waals surface area contributed by atoms with E-state index in [0.29, 0.717) is 5.56 Å². The first kappa shape index (κ1) is 10.5. The number of carbonyl (C=O) groups is 1. The molecule has 0 saturated heterocycles. The van der Waals surface area contributed by atoms with Crippen LogP contribution >= 0.6 is 0 Å². The molecule has 0 aliphatic carbocycles. The highest BCUT2D eigenvalue weighted by Crippen LogP contribution is 2.20. The Bertz CT molecular complexity index is 480. The van der Waals surface area contributed by atoms with Crippen molar-refractivity contribution in [3.8, 4) is 0 Å². The Hall–Kier alpha value is -2.03. The van der Waals surface area contributed by atoms with Crippen LogP contribution in [0.4, 0.5) is 5.69 Å². The highest BCUT2D eigenvalue weighted by atomic mass is 16.1. The van der Waals surface area contributed by atoms with E-state index in [9.17, 15) is 4.79 Å². The number of aromatic amines is 1. The Labute approximate surface area is 94.5 Å². The lowest BCUT2D eigenvalue weighted by molar-refractivity contribution is 0.102. The number of aryl methyl sites for hydroxylation is 2. The third kappa shape index (κ3) is 1.98. The zero-order valence-corrected chi connectivity index (χ0v) is 9.37. The quantitative estimate of drug-likeness (QED) is 0.793. The average molecular weight is 214 g/mol. The maximum Gasteiger partial charge on any atom is 0.257 e. The summed E-state index contributed by atoms with van der Waals surface area (Å²) in [5.41, 5.74) is 3.68. The van der Waals surface area contributed by atoms with Gasteiger partial charge in [-0.2, -0.15) is 0 Å². The molecule has 1 aromatic heterocycles. The van der Waals surface area contributed by atoms with Gasteiger partial charge in [0.05, 0.1) is 5.56 Å². The minimum Gasteiger partial charge on any atom is -0.367 e. The molecule has 1 heterocycles. The highest BCUT2D eigenvalue weighted by molar-refractivity contribution is 6.04. The Kier molecular flexibility index (Phi) is 2.77. The van der Waals surface area contributed by atoms with Gasteiger partial charge in [-0.25, -0.2) is 0 Å². The fourth-order valence-electron chi connectivity index (χ4n) is 1.66. The summed E-state index contributed by atoms with van der Waals surface area (Å²) in [5, 5.41) is 2.92. The van der Waals surface area contributed by atoms with Gasteiger partial charge in [0.1, 0.15) is 0 Å². The van der Waals surface area contributed by atoms with Crippen molar-refractivity contribution in [1.82, 2.24) is 4.98 Å². The van der Waals surface area contributed by atoms with Gasteiger partial charge in [0.25, 0.3) is 5.91 Å². The first-order valence-corrected chi connectivity index (χ1v) is 5.19. The Morgan fingerprint density at radius 3 is 2.44 bits per heavy atom. The van der Waals surface area contributed by atoms with Gasteiger partial charge in [-0.3, -0.25) is 4.79 Å². The van der Waals surface area contributed by atoms with Crippen LogP contribution < -0.4 is 5.32 Å². The number of H-pyrrole nitrogens is 1. The summed E-state index contributed by atoms with van der Waals surface area (Å²) in [6, 6.07) is 7.71. The van der Waals surface area contributed by atoms with Gasteiger partial charge in [-0.15, -0.1) is 0 Å². The van der Waals surface area contributed by atoms with Crippen molar-refractivity contribution in [3.05, 3.63) is 53.3 Å². The van der Waals surface area contributed by atoms with Gasteiger partial charge < -0.3 is 10.3 Å². The summed E-state index contributed by atoms with van der Waals surface area (Å²) in [6.07, 6.45) is 3.42. The maximum atomic E-state index is 11.8. The van der Waals surface area contributed by atoms with Crippen molar-refractivity contribution in [2.75, 3.05) is 5.32 Å². The molecule has 0 spiro atoms. The van der Waals surface area contributed by atoms with E-state index < -0.39 is 0 Å². The lowest BCUT2D eigenvalue weighted by Crippen LogP contribution is -2.12. The SMILES string of the molecule is Cc1cccc(C)c1NC(=O)c1cc[nH]c1. The predicted molar refractivity (Wildman–Crippen MR) is 64.7 cm³/mol.